The lowest BCUT2D eigenvalue weighted by molar-refractivity contribution is 0.103. The Morgan fingerprint density at radius 2 is 2.12 bits per heavy atom. The minimum Gasteiger partial charge on any atom is -0.497 e. The van der Waals surface area contributed by atoms with E-state index in [4.69, 9.17) is 9.26 Å². The van der Waals surface area contributed by atoms with Crippen LogP contribution in [0.15, 0.2) is 34.9 Å². The average molecular weight is 356 g/mol. The smallest absolute Gasteiger partial charge is 0.143 e. The zero-order chi connectivity index (χ0) is 17.9. The van der Waals surface area contributed by atoms with E-state index in [1.165, 1.54) is 24.8 Å². The molecule has 4 rings (SSSR count). The number of methoxy groups -OCH3 is 1. The van der Waals surface area contributed by atoms with Crippen molar-refractivity contribution in [1.29, 1.82) is 0 Å². The van der Waals surface area contributed by atoms with E-state index < -0.39 is 0 Å². The molecular formula is C20H28N4O2. The van der Waals surface area contributed by atoms with Crippen molar-refractivity contribution in [2.24, 2.45) is 0 Å². The second-order valence-electron chi connectivity index (χ2n) is 7.41. The average Bonchev–Trinajstić information content (AvgIpc) is 3.31. The number of nitrogens with zero attached hydrogens (tertiary/aromatic N) is 2. The molecule has 2 N–H and O–H groups in total. The molecule has 2 fully saturated rings. The summed E-state index contributed by atoms with van der Waals surface area (Å²) in [6.07, 6.45) is 3.75. The van der Waals surface area contributed by atoms with Crippen molar-refractivity contribution < 1.29 is 9.26 Å². The molecule has 3 heterocycles. The van der Waals surface area contributed by atoms with Gasteiger partial charge in [-0.1, -0.05) is 23.7 Å². The molecule has 1 aromatic heterocycles. The Kier molecular flexibility index (Phi) is 5.24. The van der Waals surface area contributed by atoms with Crippen LogP contribution < -0.4 is 15.6 Å². The molecule has 3 atom stereocenters. The molecule has 140 valence electrons. The first-order valence-corrected chi connectivity index (χ1v) is 9.53. The molecule has 1 aromatic carbocycles. The fourth-order valence-corrected chi connectivity index (χ4v) is 4.30. The Balaban J connectivity index is 1.50. The molecule has 2 aromatic rings. The molecule has 2 saturated heterocycles. The number of rotatable bonds is 5. The van der Waals surface area contributed by atoms with Gasteiger partial charge in [0.05, 0.1) is 18.7 Å². The predicted octanol–water partition coefficient (Wildman–Crippen LogP) is 2.61. The summed E-state index contributed by atoms with van der Waals surface area (Å²) in [5.41, 5.74) is 9.14. The zero-order valence-corrected chi connectivity index (χ0v) is 15.6. The van der Waals surface area contributed by atoms with E-state index in [-0.39, 0.29) is 0 Å². The maximum atomic E-state index is 5.59. The highest BCUT2D eigenvalue weighted by Gasteiger charge is 2.40. The third kappa shape index (κ3) is 3.63. The largest absolute Gasteiger partial charge is 0.497 e. The molecular weight excluding hydrogens is 328 g/mol. The van der Waals surface area contributed by atoms with Gasteiger partial charge in [-0.25, -0.2) is 0 Å². The van der Waals surface area contributed by atoms with Crippen LogP contribution in [-0.4, -0.2) is 42.3 Å². The second-order valence-corrected chi connectivity index (χ2v) is 7.41. The van der Waals surface area contributed by atoms with Gasteiger partial charge >= 0.3 is 0 Å². The monoisotopic (exact) mass is 356 g/mol. The van der Waals surface area contributed by atoms with Gasteiger partial charge in [0.15, 0.2) is 0 Å². The van der Waals surface area contributed by atoms with E-state index in [1.807, 2.05) is 19.1 Å². The van der Waals surface area contributed by atoms with Crippen LogP contribution in [0.1, 0.15) is 42.2 Å². The number of likely N-dealkylation sites (tertiary alicyclic amines) is 1. The number of hydrogen-bond acceptors (Lipinski definition) is 6. The number of aromatic nitrogens is 1. The molecule has 0 amide bonds. The highest BCUT2D eigenvalue weighted by molar-refractivity contribution is 5.27. The lowest BCUT2D eigenvalue weighted by Gasteiger charge is -2.40. The van der Waals surface area contributed by atoms with E-state index >= 15 is 0 Å². The van der Waals surface area contributed by atoms with Crippen LogP contribution in [0.3, 0.4) is 0 Å². The van der Waals surface area contributed by atoms with Crippen molar-refractivity contribution in [3.8, 4) is 5.75 Å². The Labute approximate surface area is 154 Å². The van der Waals surface area contributed by atoms with Gasteiger partial charge in [0.1, 0.15) is 11.5 Å². The molecule has 6 heteroatoms. The minimum absolute atomic E-state index is 0.317. The molecule has 2 aliphatic heterocycles. The lowest BCUT2D eigenvalue weighted by atomic mass is 9.86. The van der Waals surface area contributed by atoms with Crippen molar-refractivity contribution in [3.05, 3.63) is 47.3 Å². The Bertz CT molecular complexity index is 715. The summed E-state index contributed by atoms with van der Waals surface area (Å²) in [5.74, 6) is 2.21. The molecule has 0 radical (unpaired) electrons. The van der Waals surface area contributed by atoms with Gasteiger partial charge in [-0.3, -0.25) is 15.8 Å². The summed E-state index contributed by atoms with van der Waals surface area (Å²) in [7, 11) is 1.71. The van der Waals surface area contributed by atoms with Crippen LogP contribution >= 0.6 is 0 Å². The molecule has 0 bridgehead atoms. The maximum Gasteiger partial charge on any atom is 0.143 e. The summed E-state index contributed by atoms with van der Waals surface area (Å²) in [6, 6.07) is 11.3. The van der Waals surface area contributed by atoms with Crippen LogP contribution in [-0.2, 0) is 6.54 Å². The number of nitrogens with one attached hydrogen (secondary N) is 2. The van der Waals surface area contributed by atoms with E-state index in [0.29, 0.717) is 18.0 Å². The summed E-state index contributed by atoms with van der Waals surface area (Å²) < 4.78 is 10.9. The first kappa shape index (κ1) is 17.5. The normalized spacial score (nSPS) is 26.9. The topological polar surface area (TPSA) is 62.6 Å². The van der Waals surface area contributed by atoms with E-state index in [9.17, 15) is 0 Å². The SMILES string of the molecule is COc1ccc(CN2CCCCC2C2NNCC2c2cc(C)no2)cc1. The number of benzene rings is 1. The lowest BCUT2D eigenvalue weighted by Crippen LogP contribution is -2.52. The van der Waals surface area contributed by atoms with Crippen LogP contribution in [0.2, 0.25) is 0 Å². The third-order valence-electron chi connectivity index (χ3n) is 5.66. The van der Waals surface area contributed by atoms with Crippen molar-refractivity contribution in [3.63, 3.8) is 0 Å². The first-order valence-electron chi connectivity index (χ1n) is 9.53. The van der Waals surface area contributed by atoms with Gasteiger partial charge in [-0.15, -0.1) is 0 Å². The van der Waals surface area contributed by atoms with Gasteiger partial charge in [-0.05, 0) is 44.0 Å². The van der Waals surface area contributed by atoms with Gasteiger partial charge < -0.3 is 9.26 Å². The van der Waals surface area contributed by atoms with Crippen molar-refractivity contribution >= 4 is 0 Å². The third-order valence-corrected chi connectivity index (χ3v) is 5.66. The Morgan fingerprint density at radius 3 is 2.85 bits per heavy atom. The number of ether oxygens (including phenoxy) is 1. The molecule has 0 spiro atoms. The number of hydrogen-bond donors (Lipinski definition) is 2. The molecule has 6 nitrogen and oxygen atoms in total. The van der Waals surface area contributed by atoms with Crippen molar-refractivity contribution in [2.75, 3.05) is 20.2 Å². The summed E-state index contributed by atoms with van der Waals surface area (Å²) in [6.45, 7) is 4.96. The number of piperidine rings is 1. The molecule has 0 aliphatic carbocycles. The van der Waals surface area contributed by atoms with Crippen molar-refractivity contribution in [1.82, 2.24) is 20.9 Å². The van der Waals surface area contributed by atoms with E-state index in [0.717, 1.165) is 36.8 Å². The van der Waals surface area contributed by atoms with Gasteiger partial charge in [0, 0.05) is 31.2 Å². The predicted molar refractivity (Wildman–Crippen MR) is 100.0 cm³/mol. The fourth-order valence-electron chi connectivity index (χ4n) is 4.30. The summed E-state index contributed by atoms with van der Waals surface area (Å²) in [4.78, 5) is 2.62. The molecule has 26 heavy (non-hydrogen) atoms. The van der Waals surface area contributed by atoms with Gasteiger partial charge in [-0.2, -0.15) is 0 Å². The van der Waals surface area contributed by atoms with Crippen LogP contribution in [0, 0.1) is 6.92 Å². The van der Waals surface area contributed by atoms with Crippen LogP contribution in [0.5, 0.6) is 5.75 Å². The van der Waals surface area contributed by atoms with Gasteiger partial charge in [0.25, 0.3) is 0 Å². The highest BCUT2D eigenvalue weighted by Crippen LogP contribution is 2.32. The zero-order valence-electron chi connectivity index (χ0n) is 15.6. The Morgan fingerprint density at radius 1 is 1.27 bits per heavy atom. The second kappa shape index (κ2) is 7.78. The number of aryl methyl sites for hydroxylation is 1. The van der Waals surface area contributed by atoms with E-state index in [2.05, 4.69) is 39.1 Å². The maximum absolute atomic E-state index is 5.59. The summed E-state index contributed by atoms with van der Waals surface area (Å²) in [5, 5.41) is 4.09. The first-order chi connectivity index (χ1) is 12.7. The quantitative estimate of drug-likeness (QED) is 0.859. The molecule has 3 unspecified atom stereocenters. The molecule has 2 aliphatic rings. The van der Waals surface area contributed by atoms with Crippen LogP contribution in [0.4, 0.5) is 0 Å². The standard InChI is InChI=1S/C20H28N4O2/c1-14-11-19(26-23-14)17-12-21-22-20(17)18-5-3-4-10-24(18)13-15-6-8-16(25-2)9-7-15/h6-9,11,17-18,20-22H,3-5,10,12-13H2,1-2H3. The van der Waals surface area contributed by atoms with Crippen LogP contribution in [0.25, 0.3) is 0 Å². The van der Waals surface area contributed by atoms with Gasteiger partial charge in [0.2, 0.25) is 0 Å². The molecule has 0 saturated carbocycles. The highest BCUT2D eigenvalue weighted by atomic mass is 16.5. The summed E-state index contributed by atoms with van der Waals surface area (Å²) >= 11 is 0. The Hall–Kier alpha value is -1.89. The van der Waals surface area contributed by atoms with E-state index in [1.54, 1.807) is 7.11 Å². The fraction of sp³-hybridized carbons (Fsp3) is 0.550. The van der Waals surface area contributed by atoms with Crippen molar-refractivity contribution in [2.45, 2.75) is 50.7 Å². The number of hydrazine groups is 1. The minimum atomic E-state index is 0.317.